The molecule has 0 bridgehead atoms. The van der Waals surface area contributed by atoms with E-state index in [9.17, 15) is 0 Å². The predicted octanol–water partition coefficient (Wildman–Crippen LogP) is 1.43. The number of hydrogen-bond donors (Lipinski definition) is 1. The molecule has 1 heterocycles. The minimum Gasteiger partial charge on any atom is -0.398 e. The van der Waals surface area contributed by atoms with Gasteiger partial charge in [0.1, 0.15) is 12.4 Å². The van der Waals surface area contributed by atoms with Crippen molar-refractivity contribution in [2.45, 2.75) is 6.54 Å². The van der Waals surface area contributed by atoms with Crippen LogP contribution in [0.2, 0.25) is 5.02 Å². The lowest BCUT2D eigenvalue weighted by Gasteiger charge is -2.05. The zero-order valence-corrected chi connectivity index (χ0v) is 9.02. The summed E-state index contributed by atoms with van der Waals surface area (Å²) in [4.78, 5) is 3.80. The molecule has 2 aromatic rings. The van der Waals surface area contributed by atoms with Crippen molar-refractivity contribution in [1.29, 1.82) is 5.26 Å². The second-order valence-corrected chi connectivity index (χ2v) is 3.66. The molecule has 2 rings (SSSR count). The van der Waals surface area contributed by atoms with E-state index < -0.39 is 0 Å². The zero-order valence-electron chi connectivity index (χ0n) is 8.26. The number of benzene rings is 1. The van der Waals surface area contributed by atoms with Crippen LogP contribution in [-0.4, -0.2) is 14.8 Å². The molecule has 0 radical (unpaired) electrons. The van der Waals surface area contributed by atoms with Crippen LogP contribution in [0.25, 0.3) is 0 Å². The Morgan fingerprint density at radius 3 is 3.00 bits per heavy atom. The van der Waals surface area contributed by atoms with Crippen molar-refractivity contribution in [1.82, 2.24) is 14.8 Å². The number of halogens is 1. The van der Waals surface area contributed by atoms with E-state index >= 15 is 0 Å². The summed E-state index contributed by atoms with van der Waals surface area (Å²) in [6.07, 6.45) is 1.49. The lowest BCUT2D eigenvalue weighted by Crippen LogP contribution is -2.03. The molecule has 0 atom stereocenters. The van der Waals surface area contributed by atoms with E-state index in [-0.39, 0.29) is 5.82 Å². The van der Waals surface area contributed by atoms with Crippen molar-refractivity contribution < 1.29 is 0 Å². The van der Waals surface area contributed by atoms with Gasteiger partial charge in [-0.1, -0.05) is 11.6 Å². The van der Waals surface area contributed by atoms with Crippen molar-refractivity contribution in [2.24, 2.45) is 0 Å². The van der Waals surface area contributed by atoms with Gasteiger partial charge in [-0.2, -0.15) is 5.26 Å². The number of nitriles is 1. The SMILES string of the molecule is N#Cc1ncn(Cc2cc(Cl)ccc2N)n1. The fourth-order valence-corrected chi connectivity index (χ4v) is 1.50. The Balaban J connectivity index is 2.27. The average molecular weight is 234 g/mol. The van der Waals surface area contributed by atoms with Crippen LogP contribution in [0.4, 0.5) is 5.69 Å². The number of nitrogens with zero attached hydrogens (tertiary/aromatic N) is 4. The summed E-state index contributed by atoms with van der Waals surface area (Å²) in [5.74, 6) is 0.139. The average Bonchev–Trinajstić information content (AvgIpc) is 2.71. The van der Waals surface area contributed by atoms with Crippen LogP contribution in [-0.2, 0) is 6.54 Å². The van der Waals surface area contributed by atoms with E-state index in [0.717, 1.165) is 5.56 Å². The Kier molecular flexibility index (Phi) is 2.75. The first kappa shape index (κ1) is 10.5. The summed E-state index contributed by atoms with van der Waals surface area (Å²) >= 11 is 5.86. The standard InChI is InChI=1S/C10H8ClN5/c11-8-1-2-9(13)7(3-8)5-16-6-14-10(4-12)15-16/h1-3,6H,5,13H2. The third-order valence-electron chi connectivity index (χ3n) is 2.07. The Morgan fingerprint density at radius 1 is 1.50 bits per heavy atom. The minimum absolute atomic E-state index is 0.139. The van der Waals surface area contributed by atoms with Crippen LogP contribution in [0.3, 0.4) is 0 Å². The van der Waals surface area contributed by atoms with Crippen molar-refractivity contribution in [3.05, 3.63) is 40.9 Å². The zero-order chi connectivity index (χ0) is 11.5. The maximum atomic E-state index is 8.58. The van der Waals surface area contributed by atoms with Gasteiger partial charge in [0.05, 0.1) is 6.54 Å². The largest absolute Gasteiger partial charge is 0.398 e. The molecule has 5 nitrogen and oxygen atoms in total. The van der Waals surface area contributed by atoms with Gasteiger partial charge in [0.15, 0.2) is 0 Å². The molecule has 0 saturated carbocycles. The summed E-state index contributed by atoms with van der Waals surface area (Å²) in [6, 6.07) is 7.09. The van der Waals surface area contributed by atoms with Crippen LogP contribution in [0.15, 0.2) is 24.5 Å². The van der Waals surface area contributed by atoms with Gasteiger partial charge in [-0.25, -0.2) is 9.67 Å². The Labute approximate surface area is 97.1 Å². The van der Waals surface area contributed by atoms with Crippen LogP contribution < -0.4 is 5.73 Å². The molecule has 0 saturated heterocycles. The summed E-state index contributed by atoms with van der Waals surface area (Å²) in [7, 11) is 0. The number of rotatable bonds is 2. The molecule has 0 fully saturated rings. The Morgan fingerprint density at radius 2 is 2.31 bits per heavy atom. The fraction of sp³-hybridized carbons (Fsp3) is 0.100. The van der Waals surface area contributed by atoms with Crippen LogP contribution in [0.1, 0.15) is 11.4 Å². The summed E-state index contributed by atoms with van der Waals surface area (Å²) in [5.41, 5.74) is 7.28. The molecule has 0 aliphatic carbocycles. The topological polar surface area (TPSA) is 80.5 Å². The molecule has 1 aromatic carbocycles. The third kappa shape index (κ3) is 2.12. The molecular formula is C10H8ClN5. The minimum atomic E-state index is 0.139. The highest BCUT2D eigenvalue weighted by Gasteiger charge is 2.04. The van der Waals surface area contributed by atoms with Gasteiger partial charge in [-0.15, -0.1) is 5.10 Å². The molecule has 0 spiro atoms. The van der Waals surface area contributed by atoms with Gasteiger partial charge in [-0.05, 0) is 23.8 Å². The molecule has 0 amide bonds. The molecule has 0 aliphatic rings. The van der Waals surface area contributed by atoms with Crippen molar-refractivity contribution in [3.63, 3.8) is 0 Å². The first-order valence-corrected chi connectivity index (χ1v) is 4.90. The molecule has 1 aromatic heterocycles. The van der Waals surface area contributed by atoms with E-state index in [4.69, 9.17) is 22.6 Å². The monoisotopic (exact) mass is 233 g/mol. The van der Waals surface area contributed by atoms with Crippen LogP contribution in [0, 0.1) is 11.3 Å². The second kappa shape index (κ2) is 4.21. The lowest BCUT2D eigenvalue weighted by atomic mass is 10.2. The van der Waals surface area contributed by atoms with Crippen molar-refractivity contribution in [2.75, 3.05) is 5.73 Å². The molecule has 6 heteroatoms. The van der Waals surface area contributed by atoms with Gasteiger partial charge in [-0.3, -0.25) is 0 Å². The summed E-state index contributed by atoms with van der Waals surface area (Å²) in [6.45, 7) is 0.446. The van der Waals surface area contributed by atoms with Crippen molar-refractivity contribution >= 4 is 17.3 Å². The van der Waals surface area contributed by atoms with E-state index in [1.165, 1.54) is 6.33 Å². The summed E-state index contributed by atoms with van der Waals surface area (Å²) in [5, 5.41) is 13.1. The highest BCUT2D eigenvalue weighted by atomic mass is 35.5. The lowest BCUT2D eigenvalue weighted by molar-refractivity contribution is 0.683. The molecular weight excluding hydrogens is 226 g/mol. The first-order chi connectivity index (χ1) is 7.69. The first-order valence-electron chi connectivity index (χ1n) is 4.52. The van der Waals surface area contributed by atoms with Gasteiger partial charge in [0, 0.05) is 10.7 Å². The molecule has 0 aliphatic heterocycles. The number of hydrogen-bond acceptors (Lipinski definition) is 4. The van der Waals surface area contributed by atoms with Gasteiger partial charge < -0.3 is 5.73 Å². The van der Waals surface area contributed by atoms with E-state index in [0.29, 0.717) is 17.3 Å². The highest BCUT2D eigenvalue weighted by Crippen LogP contribution is 2.18. The normalized spacial score (nSPS) is 10.0. The van der Waals surface area contributed by atoms with Gasteiger partial charge >= 0.3 is 0 Å². The number of nitrogen functional groups attached to an aromatic ring is 1. The Hall–Kier alpha value is -2.06. The maximum Gasteiger partial charge on any atom is 0.252 e. The highest BCUT2D eigenvalue weighted by molar-refractivity contribution is 6.30. The van der Waals surface area contributed by atoms with Crippen LogP contribution >= 0.6 is 11.6 Å². The maximum absolute atomic E-state index is 8.58. The molecule has 2 N–H and O–H groups in total. The number of aromatic nitrogens is 3. The quantitative estimate of drug-likeness (QED) is 0.796. The fourth-order valence-electron chi connectivity index (χ4n) is 1.31. The second-order valence-electron chi connectivity index (χ2n) is 3.22. The molecule has 80 valence electrons. The Bertz CT molecular complexity index is 555. The van der Waals surface area contributed by atoms with Crippen molar-refractivity contribution in [3.8, 4) is 6.07 Å². The van der Waals surface area contributed by atoms with E-state index in [1.807, 2.05) is 6.07 Å². The number of anilines is 1. The smallest absolute Gasteiger partial charge is 0.252 e. The van der Waals surface area contributed by atoms with Gasteiger partial charge in [0.25, 0.3) is 5.82 Å². The van der Waals surface area contributed by atoms with Gasteiger partial charge in [0.2, 0.25) is 0 Å². The van der Waals surface area contributed by atoms with E-state index in [1.54, 1.807) is 22.9 Å². The predicted molar refractivity (Wildman–Crippen MR) is 59.7 cm³/mol. The van der Waals surface area contributed by atoms with Crippen LogP contribution in [0.5, 0.6) is 0 Å². The number of nitrogens with two attached hydrogens (primary N) is 1. The molecule has 0 unspecified atom stereocenters. The van der Waals surface area contributed by atoms with E-state index in [2.05, 4.69) is 10.1 Å². The summed E-state index contributed by atoms with van der Waals surface area (Å²) < 4.78 is 1.54. The third-order valence-corrected chi connectivity index (χ3v) is 2.31. The molecule has 16 heavy (non-hydrogen) atoms.